The van der Waals surface area contributed by atoms with Crippen molar-refractivity contribution >= 4 is 5.78 Å². The van der Waals surface area contributed by atoms with Crippen molar-refractivity contribution in [2.75, 3.05) is 0 Å². The van der Waals surface area contributed by atoms with Gasteiger partial charge in [-0.05, 0) is 23.7 Å². The molecule has 1 heterocycles. The average molecular weight is 628 g/mol. The number of carbonyl (C=O) groups excluding carboxylic acids is 1. The Labute approximate surface area is 217 Å². The van der Waals surface area contributed by atoms with Crippen molar-refractivity contribution in [2.45, 2.75) is 46.0 Å². The molecule has 0 aliphatic heterocycles. The smallest absolute Gasteiger partial charge is 0.193 e. The molecule has 0 saturated carbocycles. The maximum absolute atomic E-state index is 12.7. The van der Waals surface area contributed by atoms with Crippen LogP contribution in [0, 0.1) is 13.0 Å². The Morgan fingerprint density at radius 3 is 2.06 bits per heavy atom. The standard InChI is InChI=1S/C31H30NO.Pt/c1-3-4-5-6-7-24-10-14-26(15-11-24)30-21-20-29(22-32-30)25-16-18-28(19-17-25)31(33)27-12-8-23(2)9-13-27;/h8-14,16-22H,3-7H2,1-2H3;/q-1;. The summed E-state index contributed by atoms with van der Waals surface area (Å²) in [4.78, 5) is 17.4. The van der Waals surface area contributed by atoms with Crippen LogP contribution in [0.5, 0.6) is 0 Å². The summed E-state index contributed by atoms with van der Waals surface area (Å²) in [7, 11) is 0. The van der Waals surface area contributed by atoms with E-state index in [1.807, 2.05) is 67.7 Å². The van der Waals surface area contributed by atoms with E-state index in [-0.39, 0.29) is 26.8 Å². The van der Waals surface area contributed by atoms with Crippen LogP contribution in [0.2, 0.25) is 0 Å². The Morgan fingerprint density at radius 1 is 0.794 bits per heavy atom. The Kier molecular flexibility index (Phi) is 9.54. The van der Waals surface area contributed by atoms with Crippen LogP contribution in [0.15, 0.2) is 85.1 Å². The molecule has 3 heteroatoms. The van der Waals surface area contributed by atoms with Gasteiger partial charge in [-0.1, -0.05) is 105 Å². The van der Waals surface area contributed by atoms with E-state index in [1.54, 1.807) is 0 Å². The van der Waals surface area contributed by atoms with Crippen molar-refractivity contribution in [3.05, 3.63) is 113 Å². The first-order valence-electron chi connectivity index (χ1n) is 11.8. The summed E-state index contributed by atoms with van der Waals surface area (Å²) >= 11 is 0. The maximum atomic E-state index is 12.7. The Balaban J connectivity index is 0.00000324. The minimum Gasteiger partial charge on any atom is -0.304 e. The van der Waals surface area contributed by atoms with Crippen molar-refractivity contribution in [3.63, 3.8) is 0 Å². The predicted octanol–water partition coefficient (Wildman–Crippen LogP) is 7.88. The number of nitrogens with zero attached hydrogens (tertiary/aromatic N) is 1. The van der Waals surface area contributed by atoms with Crippen LogP contribution in [-0.2, 0) is 27.5 Å². The minimum absolute atomic E-state index is 0. The van der Waals surface area contributed by atoms with Gasteiger partial charge >= 0.3 is 0 Å². The number of hydrogen-bond acceptors (Lipinski definition) is 2. The number of carbonyl (C=O) groups is 1. The molecular weight excluding hydrogens is 597 g/mol. The molecule has 0 radical (unpaired) electrons. The number of rotatable bonds is 9. The first-order chi connectivity index (χ1) is 16.1. The van der Waals surface area contributed by atoms with Crippen LogP contribution < -0.4 is 0 Å². The van der Waals surface area contributed by atoms with Crippen LogP contribution in [0.1, 0.15) is 59.7 Å². The fourth-order valence-electron chi connectivity index (χ4n) is 3.94. The summed E-state index contributed by atoms with van der Waals surface area (Å²) in [5.74, 6) is 0.0411. The van der Waals surface area contributed by atoms with Crippen LogP contribution >= 0.6 is 0 Å². The van der Waals surface area contributed by atoms with E-state index >= 15 is 0 Å². The molecule has 0 unspecified atom stereocenters. The van der Waals surface area contributed by atoms with Gasteiger partial charge in [-0.2, -0.15) is 0 Å². The largest absolute Gasteiger partial charge is 0.304 e. The molecule has 0 atom stereocenters. The molecule has 0 saturated heterocycles. The molecule has 2 nitrogen and oxygen atoms in total. The normalized spacial score (nSPS) is 10.5. The molecule has 0 N–H and O–H groups in total. The molecule has 0 spiro atoms. The maximum Gasteiger partial charge on any atom is 0.193 e. The van der Waals surface area contributed by atoms with E-state index in [2.05, 4.69) is 42.2 Å². The summed E-state index contributed by atoms with van der Waals surface area (Å²) < 4.78 is 0. The number of hydrogen-bond donors (Lipinski definition) is 0. The van der Waals surface area contributed by atoms with Crippen molar-refractivity contribution in [1.29, 1.82) is 0 Å². The molecule has 0 aliphatic carbocycles. The molecule has 176 valence electrons. The fourth-order valence-corrected chi connectivity index (χ4v) is 3.94. The van der Waals surface area contributed by atoms with E-state index in [0.717, 1.165) is 34.4 Å². The van der Waals surface area contributed by atoms with Gasteiger partial charge in [-0.3, -0.25) is 4.79 Å². The number of benzene rings is 3. The van der Waals surface area contributed by atoms with Gasteiger partial charge < -0.3 is 4.98 Å². The van der Waals surface area contributed by atoms with Crippen LogP contribution in [0.25, 0.3) is 22.4 Å². The monoisotopic (exact) mass is 627 g/mol. The number of pyridine rings is 1. The Bertz CT molecular complexity index is 1180. The van der Waals surface area contributed by atoms with Crippen LogP contribution in [-0.4, -0.2) is 10.8 Å². The van der Waals surface area contributed by atoms with Crippen LogP contribution in [0.4, 0.5) is 0 Å². The molecule has 4 aromatic rings. The first kappa shape index (κ1) is 25.8. The van der Waals surface area contributed by atoms with E-state index < -0.39 is 0 Å². The van der Waals surface area contributed by atoms with Crippen LogP contribution in [0.3, 0.4) is 0 Å². The zero-order valence-electron chi connectivity index (χ0n) is 19.8. The molecule has 3 aromatic carbocycles. The average Bonchev–Trinajstić information content (AvgIpc) is 2.87. The van der Waals surface area contributed by atoms with Gasteiger partial charge in [0.25, 0.3) is 0 Å². The van der Waals surface area contributed by atoms with Gasteiger partial charge in [0, 0.05) is 38.4 Å². The third-order valence-corrected chi connectivity index (χ3v) is 6.03. The van der Waals surface area contributed by atoms with E-state index in [0.29, 0.717) is 11.1 Å². The SMILES string of the molecule is CCCCCCc1c[c-]c(-c2ccc(-c3ccc(C(=O)c4ccc(C)cc4)cc3)cn2)cc1.[Pt]. The predicted molar refractivity (Wildman–Crippen MR) is 136 cm³/mol. The second-order valence-electron chi connectivity index (χ2n) is 8.63. The molecule has 4 rings (SSSR count). The second-order valence-corrected chi connectivity index (χ2v) is 8.63. The molecule has 0 fully saturated rings. The van der Waals surface area contributed by atoms with Crippen molar-refractivity contribution in [2.24, 2.45) is 0 Å². The summed E-state index contributed by atoms with van der Waals surface area (Å²) in [5.41, 5.74) is 7.89. The first-order valence-corrected chi connectivity index (χ1v) is 11.8. The second kappa shape index (κ2) is 12.6. The fraction of sp³-hybridized carbons (Fsp3) is 0.226. The summed E-state index contributed by atoms with van der Waals surface area (Å²) in [6, 6.07) is 29.3. The Hall–Kier alpha value is -2.83. The summed E-state index contributed by atoms with van der Waals surface area (Å²) in [6.07, 6.45) is 8.11. The molecule has 0 aliphatic rings. The third-order valence-electron chi connectivity index (χ3n) is 6.03. The Morgan fingerprint density at radius 2 is 1.47 bits per heavy atom. The number of aryl methyl sites for hydroxylation is 2. The van der Waals surface area contributed by atoms with Crippen molar-refractivity contribution < 1.29 is 25.9 Å². The topological polar surface area (TPSA) is 30.0 Å². The number of aromatic nitrogens is 1. The van der Waals surface area contributed by atoms with Gasteiger partial charge in [-0.25, -0.2) is 0 Å². The molecule has 34 heavy (non-hydrogen) atoms. The number of ketones is 1. The van der Waals surface area contributed by atoms with E-state index in [4.69, 9.17) is 0 Å². The van der Waals surface area contributed by atoms with Gasteiger partial charge in [0.1, 0.15) is 0 Å². The zero-order valence-corrected chi connectivity index (χ0v) is 22.1. The zero-order chi connectivity index (χ0) is 23.0. The minimum atomic E-state index is 0. The van der Waals surface area contributed by atoms with Crippen molar-refractivity contribution in [1.82, 2.24) is 4.98 Å². The van der Waals surface area contributed by atoms with E-state index in [9.17, 15) is 4.79 Å². The van der Waals surface area contributed by atoms with E-state index in [1.165, 1.54) is 31.2 Å². The quantitative estimate of drug-likeness (QED) is 0.107. The van der Waals surface area contributed by atoms with Gasteiger partial charge in [0.05, 0.1) is 0 Å². The third kappa shape index (κ3) is 6.61. The van der Waals surface area contributed by atoms with Crippen molar-refractivity contribution in [3.8, 4) is 22.4 Å². The van der Waals surface area contributed by atoms with Gasteiger partial charge in [-0.15, -0.1) is 35.4 Å². The molecule has 0 amide bonds. The molecular formula is C31H30NOPt-. The summed E-state index contributed by atoms with van der Waals surface area (Å²) in [5, 5.41) is 0. The summed E-state index contributed by atoms with van der Waals surface area (Å²) in [6.45, 7) is 4.26. The van der Waals surface area contributed by atoms with Gasteiger partial charge in [0.2, 0.25) is 0 Å². The molecule has 1 aromatic heterocycles. The molecule has 0 bridgehead atoms. The number of unbranched alkanes of at least 4 members (excludes halogenated alkanes) is 3. The van der Waals surface area contributed by atoms with Gasteiger partial charge in [0.15, 0.2) is 5.78 Å².